The van der Waals surface area contributed by atoms with Gasteiger partial charge in [0.2, 0.25) is 0 Å². The third kappa shape index (κ3) is 26.6. The molecule has 3 N–H and O–H groups in total. The Balaban J connectivity index is 0. The van der Waals surface area contributed by atoms with Gasteiger partial charge >= 0.3 is 56.6 Å². The predicted octanol–water partition coefficient (Wildman–Crippen LogP) is -3.91. The van der Waals surface area contributed by atoms with Gasteiger partial charge in [-0.25, -0.2) is 0 Å². The minimum atomic E-state index is 0. The SMILES string of the molecule is [Ca+2].[Li+].[OH-].[OH-].[OH-]. The summed E-state index contributed by atoms with van der Waals surface area (Å²) in [5.41, 5.74) is 0. The molecule has 0 aromatic carbocycles. The van der Waals surface area contributed by atoms with Gasteiger partial charge in [0.05, 0.1) is 0 Å². The number of rotatable bonds is 0. The summed E-state index contributed by atoms with van der Waals surface area (Å²) in [6, 6.07) is 0. The van der Waals surface area contributed by atoms with E-state index in [2.05, 4.69) is 0 Å². The van der Waals surface area contributed by atoms with Crippen molar-refractivity contribution in [2.45, 2.75) is 0 Å². The van der Waals surface area contributed by atoms with Gasteiger partial charge in [-0.1, -0.05) is 0 Å². The average molecular weight is 98.0 g/mol. The Morgan fingerprint density at radius 3 is 0.600 bits per heavy atom. The van der Waals surface area contributed by atoms with Crippen LogP contribution in [-0.2, 0) is 0 Å². The summed E-state index contributed by atoms with van der Waals surface area (Å²) < 4.78 is 0. The van der Waals surface area contributed by atoms with E-state index in [1.54, 1.807) is 0 Å². The van der Waals surface area contributed by atoms with Gasteiger partial charge in [-0.15, -0.1) is 0 Å². The molecule has 0 aliphatic rings. The standard InChI is InChI=1S/Ca.Li.3H2O/h;;3*1H2/q+2;+1;;;/p-3. The summed E-state index contributed by atoms with van der Waals surface area (Å²) in [6.45, 7) is 0. The summed E-state index contributed by atoms with van der Waals surface area (Å²) in [5, 5.41) is 0. The molecule has 0 unspecified atom stereocenters. The second-order valence-electron chi connectivity index (χ2n) is 0. The molecule has 0 spiro atoms. The summed E-state index contributed by atoms with van der Waals surface area (Å²) in [5.74, 6) is 0. The van der Waals surface area contributed by atoms with Crippen LogP contribution in [0.25, 0.3) is 0 Å². The van der Waals surface area contributed by atoms with Crippen molar-refractivity contribution in [2.75, 3.05) is 0 Å². The van der Waals surface area contributed by atoms with E-state index >= 15 is 0 Å². The molecule has 0 rings (SSSR count). The van der Waals surface area contributed by atoms with Crippen LogP contribution in [0, 0.1) is 0 Å². The van der Waals surface area contributed by atoms with Crippen LogP contribution in [0.2, 0.25) is 0 Å². The molecule has 0 amide bonds. The van der Waals surface area contributed by atoms with Gasteiger partial charge in [-0.3, -0.25) is 0 Å². The molecule has 0 bridgehead atoms. The van der Waals surface area contributed by atoms with E-state index in [0.29, 0.717) is 0 Å². The molecule has 0 aromatic rings. The van der Waals surface area contributed by atoms with E-state index in [1.165, 1.54) is 0 Å². The largest absolute Gasteiger partial charge is 2.00 e. The molecule has 0 aliphatic carbocycles. The minimum absolute atomic E-state index is 0. The molecule has 0 saturated heterocycles. The molecule has 0 heterocycles. The van der Waals surface area contributed by atoms with Crippen molar-refractivity contribution >= 4 is 37.7 Å². The first-order valence-corrected chi connectivity index (χ1v) is 0. The summed E-state index contributed by atoms with van der Waals surface area (Å²) in [7, 11) is 0. The Morgan fingerprint density at radius 1 is 0.600 bits per heavy atom. The van der Waals surface area contributed by atoms with Crippen LogP contribution < -0.4 is 18.9 Å². The fourth-order valence-corrected chi connectivity index (χ4v) is 0. The Kier molecular flexibility index (Phi) is 627. The molecule has 5 heavy (non-hydrogen) atoms. The van der Waals surface area contributed by atoms with Crippen LogP contribution in [0.1, 0.15) is 0 Å². The third-order valence-corrected chi connectivity index (χ3v) is 0. The monoisotopic (exact) mass is 98.0 g/mol. The van der Waals surface area contributed by atoms with Crippen LogP contribution in [0.3, 0.4) is 0 Å². The number of hydrogen-bond donors (Lipinski definition) is 0. The molecule has 0 atom stereocenters. The fourth-order valence-electron chi connectivity index (χ4n) is 0. The van der Waals surface area contributed by atoms with E-state index in [0.717, 1.165) is 0 Å². The quantitative estimate of drug-likeness (QED) is 0.290. The van der Waals surface area contributed by atoms with Crippen molar-refractivity contribution < 1.29 is 35.3 Å². The zero-order valence-corrected chi connectivity index (χ0v) is 5.26. The molecule has 0 aliphatic heterocycles. The van der Waals surface area contributed by atoms with Gasteiger partial charge in [-0.2, -0.15) is 0 Å². The van der Waals surface area contributed by atoms with Crippen LogP contribution in [0.5, 0.6) is 0 Å². The van der Waals surface area contributed by atoms with Gasteiger partial charge in [0.15, 0.2) is 0 Å². The van der Waals surface area contributed by atoms with E-state index in [4.69, 9.17) is 0 Å². The van der Waals surface area contributed by atoms with E-state index < -0.39 is 0 Å². The molecule has 5 heteroatoms. The molecule has 0 saturated carbocycles. The average Bonchev–Trinajstić information content (AvgIpc) is 0. The molecule has 24 valence electrons. The summed E-state index contributed by atoms with van der Waals surface area (Å²) >= 11 is 0. The van der Waals surface area contributed by atoms with Crippen molar-refractivity contribution in [2.24, 2.45) is 0 Å². The molecule has 3 nitrogen and oxygen atoms in total. The Hall–Kier alpha value is 1.74. The zero-order valence-electron chi connectivity index (χ0n) is 3.05. The van der Waals surface area contributed by atoms with Crippen molar-refractivity contribution in [1.82, 2.24) is 0 Å². The minimum Gasteiger partial charge on any atom is -0.870 e. The maximum atomic E-state index is 0. The Bertz CT molecular complexity index is 6.85. The molecule has 0 aromatic heterocycles. The molecular formula is H3CaLiO3. The van der Waals surface area contributed by atoms with Crippen molar-refractivity contribution in [3.05, 3.63) is 0 Å². The van der Waals surface area contributed by atoms with Gasteiger partial charge in [0, 0.05) is 0 Å². The molecule has 0 radical (unpaired) electrons. The first-order valence-electron chi connectivity index (χ1n) is 0. The topological polar surface area (TPSA) is 90.0 Å². The van der Waals surface area contributed by atoms with E-state index in [-0.39, 0.29) is 73.0 Å². The van der Waals surface area contributed by atoms with Gasteiger partial charge in [0.1, 0.15) is 0 Å². The number of hydrogen-bond acceptors (Lipinski definition) is 3. The van der Waals surface area contributed by atoms with Crippen molar-refractivity contribution in [3.8, 4) is 0 Å². The van der Waals surface area contributed by atoms with Crippen molar-refractivity contribution in [3.63, 3.8) is 0 Å². The fraction of sp³-hybridized carbons (Fsp3) is 0. The van der Waals surface area contributed by atoms with Gasteiger partial charge < -0.3 is 16.4 Å². The maximum Gasteiger partial charge on any atom is 2.00 e. The van der Waals surface area contributed by atoms with Gasteiger partial charge in [-0.05, 0) is 0 Å². The first-order chi connectivity index (χ1) is 0. The normalized spacial score (nSPS) is 0. The third-order valence-electron chi connectivity index (χ3n) is 0. The maximum absolute atomic E-state index is 0. The smallest absolute Gasteiger partial charge is 0.870 e. The van der Waals surface area contributed by atoms with Gasteiger partial charge in [0.25, 0.3) is 0 Å². The van der Waals surface area contributed by atoms with Crippen molar-refractivity contribution in [1.29, 1.82) is 0 Å². The molecular weight excluding hydrogens is 95.0 g/mol. The Morgan fingerprint density at radius 2 is 0.600 bits per heavy atom. The summed E-state index contributed by atoms with van der Waals surface area (Å²) in [6.07, 6.45) is 0. The Labute approximate surface area is 72.2 Å². The van der Waals surface area contributed by atoms with E-state index in [1.807, 2.05) is 0 Å². The second-order valence-corrected chi connectivity index (χ2v) is 0. The van der Waals surface area contributed by atoms with Crippen LogP contribution >= 0.6 is 0 Å². The van der Waals surface area contributed by atoms with Crippen LogP contribution in [0.15, 0.2) is 0 Å². The van der Waals surface area contributed by atoms with Crippen LogP contribution in [0.4, 0.5) is 0 Å². The van der Waals surface area contributed by atoms with E-state index in [9.17, 15) is 0 Å². The molecule has 0 fully saturated rings. The summed E-state index contributed by atoms with van der Waals surface area (Å²) in [4.78, 5) is 0. The second kappa shape index (κ2) is 42.7. The van der Waals surface area contributed by atoms with Crippen LogP contribution in [-0.4, -0.2) is 54.2 Å². The zero-order chi connectivity index (χ0) is 0. The first kappa shape index (κ1) is 73.5. The predicted molar refractivity (Wildman–Crippen MR) is 11.6 cm³/mol.